The smallest absolute Gasteiger partial charge is 0.0136 e. The number of benzene rings is 2. The van der Waals surface area contributed by atoms with Gasteiger partial charge < -0.3 is 0 Å². The summed E-state index contributed by atoms with van der Waals surface area (Å²) < 4.78 is 0. The third-order valence-electron chi connectivity index (χ3n) is 5.55. The van der Waals surface area contributed by atoms with E-state index in [0.717, 1.165) is 11.8 Å². The van der Waals surface area contributed by atoms with Crippen LogP contribution in [0.25, 0.3) is 0 Å². The number of rotatable bonds is 10. The second-order valence-corrected chi connectivity index (χ2v) is 7.07. The maximum absolute atomic E-state index is 2.37. The molecule has 2 rings (SSSR count). The molecule has 0 spiro atoms. The van der Waals surface area contributed by atoms with Crippen LogP contribution < -0.4 is 0 Å². The van der Waals surface area contributed by atoms with Crippen molar-refractivity contribution in [3.05, 3.63) is 71.8 Å². The maximum Gasteiger partial charge on any atom is -0.0136 e. The van der Waals surface area contributed by atoms with Crippen molar-refractivity contribution >= 4 is 0 Å². The number of hydrogen-bond donors (Lipinski definition) is 0. The average Bonchev–Trinajstić information content (AvgIpc) is 2.65. The minimum absolute atomic E-state index is 0.703. The van der Waals surface area contributed by atoms with Crippen molar-refractivity contribution in [2.45, 2.75) is 71.1 Å². The monoisotopic (exact) mass is 322 g/mol. The highest BCUT2D eigenvalue weighted by molar-refractivity contribution is 5.21. The predicted molar refractivity (Wildman–Crippen MR) is 107 cm³/mol. The Kier molecular flexibility index (Phi) is 8.08. The first-order valence-corrected chi connectivity index (χ1v) is 9.89. The van der Waals surface area contributed by atoms with Gasteiger partial charge in [-0.3, -0.25) is 0 Å². The molecule has 3 unspecified atom stereocenters. The third-order valence-corrected chi connectivity index (χ3v) is 5.55. The molecule has 0 nitrogen and oxygen atoms in total. The van der Waals surface area contributed by atoms with Crippen LogP contribution in [0.5, 0.6) is 0 Å². The first kappa shape index (κ1) is 18.8. The summed E-state index contributed by atoms with van der Waals surface area (Å²) in [4.78, 5) is 0. The molecule has 0 heterocycles. The zero-order valence-corrected chi connectivity index (χ0v) is 15.7. The van der Waals surface area contributed by atoms with Crippen molar-refractivity contribution in [3.8, 4) is 0 Å². The molecule has 2 aromatic carbocycles. The number of hydrogen-bond acceptors (Lipinski definition) is 0. The Morgan fingerprint density at radius 2 is 1.21 bits per heavy atom. The van der Waals surface area contributed by atoms with Crippen LogP contribution in [0.15, 0.2) is 60.7 Å². The lowest BCUT2D eigenvalue weighted by molar-refractivity contribution is 0.348. The van der Waals surface area contributed by atoms with E-state index in [1.807, 2.05) is 0 Å². The van der Waals surface area contributed by atoms with Crippen molar-refractivity contribution in [1.82, 2.24) is 0 Å². The van der Waals surface area contributed by atoms with Crippen LogP contribution in [0, 0.1) is 5.92 Å². The van der Waals surface area contributed by atoms with Crippen molar-refractivity contribution in [1.29, 1.82) is 0 Å². The summed E-state index contributed by atoms with van der Waals surface area (Å²) in [5, 5.41) is 0. The molecule has 0 N–H and O–H groups in total. The van der Waals surface area contributed by atoms with Gasteiger partial charge in [-0.25, -0.2) is 0 Å². The first-order valence-electron chi connectivity index (χ1n) is 9.89. The van der Waals surface area contributed by atoms with Crippen LogP contribution in [-0.2, 0) is 0 Å². The molecule has 0 saturated heterocycles. The lowest BCUT2D eigenvalue weighted by atomic mass is 9.77. The van der Waals surface area contributed by atoms with Crippen LogP contribution in [0.1, 0.15) is 82.3 Å². The topological polar surface area (TPSA) is 0 Å². The lowest BCUT2D eigenvalue weighted by Gasteiger charge is -2.28. The van der Waals surface area contributed by atoms with Gasteiger partial charge in [-0.1, -0.05) is 94.3 Å². The van der Waals surface area contributed by atoms with Crippen LogP contribution in [-0.4, -0.2) is 0 Å². The fourth-order valence-corrected chi connectivity index (χ4v) is 4.20. The van der Waals surface area contributed by atoms with E-state index in [1.165, 1.54) is 49.7 Å². The van der Waals surface area contributed by atoms with Gasteiger partial charge in [0.1, 0.15) is 0 Å². The molecule has 130 valence electrons. The summed E-state index contributed by atoms with van der Waals surface area (Å²) in [5.41, 5.74) is 3.06. The molecular formula is C24H34. The van der Waals surface area contributed by atoms with E-state index in [-0.39, 0.29) is 0 Å². The summed E-state index contributed by atoms with van der Waals surface area (Å²) in [6, 6.07) is 22.3. The molecule has 0 amide bonds. The highest BCUT2D eigenvalue weighted by Crippen LogP contribution is 2.36. The Bertz CT molecular complexity index is 543. The van der Waals surface area contributed by atoms with Crippen LogP contribution in [0.2, 0.25) is 0 Å². The van der Waals surface area contributed by atoms with Gasteiger partial charge in [-0.05, 0) is 54.6 Å². The van der Waals surface area contributed by atoms with Gasteiger partial charge in [-0.15, -0.1) is 0 Å². The third kappa shape index (κ3) is 5.23. The van der Waals surface area contributed by atoms with Crippen LogP contribution >= 0.6 is 0 Å². The minimum atomic E-state index is 0.703. The molecule has 24 heavy (non-hydrogen) atoms. The Hall–Kier alpha value is -1.56. The van der Waals surface area contributed by atoms with E-state index in [0.29, 0.717) is 5.92 Å². The summed E-state index contributed by atoms with van der Waals surface area (Å²) in [6.07, 6.45) is 7.76. The van der Waals surface area contributed by atoms with Crippen molar-refractivity contribution in [2.75, 3.05) is 0 Å². The Morgan fingerprint density at radius 3 is 1.71 bits per heavy atom. The molecule has 0 aliphatic heterocycles. The predicted octanol–water partition coefficient (Wildman–Crippen LogP) is 7.57. The van der Waals surface area contributed by atoms with E-state index in [9.17, 15) is 0 Å². The highest BCUT2D eigenvalue weighted by Gasteiger charge is 2.21. The van der Waals surface area contributed by atoms with E-state index >= 15 is 0 Å². The first-order chi connectivity index (χ1) is 11.8. The van der Waals surface area contributed by atoms with Gasteiger partial charge in [0, 0.05) is 0 Å². The van der Waals surface area contributed by atoms with E-state index in [1.54, 1.807) is 0 Å². The van der Waals surface area contributed by atoms with E-state index in [4.69, 9.17) is 0 Å². The van der Waals surface area contributed by atoms with Crippen molar-refractivity contribution in [3.63, 3.8) is 0 Å². The molecule has 2 aromatic rings. The second-order valence-electron chi connectivity index (χ2n) is 7.07. The fourth-order valence-electron chi connectivity index (χ4n) is 4.20. The summed E-state index contributed by atoms with van der Waals surface area (Å²) in [7, 11) is 0. The van der Waals surface area contributed by atoms with Gasteiger partial charge in [0.25, 0.3) is 0 Å². The van der Waals surface area contributed by atoms with Crippen LogP contribution in [0.4, 0.5) is 0 Å². The highest BCUT2D eigenvalue weighted by atomic mass is 14.3. The molecule has 3 atom stereocenters. The molecule has 0 aromatic heterocycles. The Morgan fingerprint density at radius 1 is 0.625 bits per heavy atom. The van der Waals surface area contributed by atoms with E-state index < -0.39 is 0 Å². The molecule has 0 aliphatic rings. The lowest BCUT2D eigenvalue weighted by Crippen LogP contribution is -2.13. The molecule has 0 heteroatoms. The Balaban J connectivity index is 2.05. The normalized spacial score (nSPS) is 15.0. The Labute approximate surface area is 149 Å². The maximum atomic E-state index is 2.37. The van der Waals surface area contributed by atoms with Gasteiger partial charge in [0.15, 0.2) is 0 Å². The molecule has 0 bridgehead atoms. The fraction of sp³-hybridized carbons (Fsp3) is 0.500. The van der Waals surface area contributed by atoms with Crippen molar-refractivity contribution < 1.29 is 0 Å². The standard InChI is InChI=1S/C24H34/c1-4-13-21(22-14-9-7-10-15-22)19-18-20(5-2)24(6-3)23-16-11-8-12-17-23/h7-12,14-17,20-21,24H,4-6,13,18-19H2,1-3H3. The summed E-state index contributed by atoms with van der Waals surface area (Å²) in [5.74, 6) is 2.22. The van der Waals surface area contributed by atoms with Gasteiger partial charge >= 0.3 is 0 Å². The van der Waals surface area contributed by atoms with Crippen LogP contribution in [0.3, 0.4) is 0 Å². The second kappa shape index (κ2) is 10.3. The molecule has 0 aliphatic carbocycles. The SMILES string of the molecule is CCCC(CCC(CC)C(CC)c1ccccc1)c1ccccc1. The average molecular weight is 323 g/mol. The zero-order valence-electron chi connectivity index (χ0n) is 15.7. The quantitative estimate of drug-likeness (QED) is 0.423. The molecular weight excluding hydrogens is 288 g/mol. The summed E-state index contributed by atoms with van der Waals surface area (Å²) >= 11 is 0. The zero-order chi connectivity index (χ0) is 17.2. The van der Waals surface area contributed by atoms with Crippen molar-refractivity contribution in [2.24, 2.45) is 5.92 Å². The van der Waals surface area contributed by atoms with E-state index in [2.05, 4.69) is 81.4 Å². The molecule has 0 saturated carbocycles. The van der Waals surface area contributed by atoms with Gasteiger partial charge in [-0.2, -0.15) is 0 Å². The molecule has 0 radical (unpaired) electrons. The summed E-state index contributed by atoms with van der Waals surface area (Å²) in [6.45, 7) is 7.03. The largest absolute Gasteiger partial charge is 0.0654 e. The van der Waals surface area contributed by atoms with Gasteiger partial charge in [0.2, 0.25) is 0 Å². The minimum Gasteiger partial charge on any atom is -0.0654 e. The molecule has 0 fully saturated rings. The van der Waals surface area contributed by atoms with Gasteiger partial charge in [0.05, 0.1) is 0 Å².